The zero-order chi connectivity index (χ0) is 29.7. The second-order valence-electron chi connectivity index (χ2n) is 13.3. The van der Waals surface area contributed by atoms with Crippen LogP contribution in [0.15, 0.2) is 11.6 Å². The van der Waals surface area contributed by atoms with E-state index in [9.17, 15) is 34.2 Å². The van der Waals surface area contributed by atoms with Gasteiger partial charge in [-0.15, -0.1) is 0 Å². The van der Waals surface area contributed by atoms with E-state index in [1.54, 1.807) is 6.08 Å². The van der Waals surface area contributed by atoms with Crippen LogP contribution in [0.25, 0.3) is 0 Å². The quantitative estimate of drug-likeness (QED) is 0.438. The van der Waals surface area contributed by atoms with Crippen LogP contribution in [-0.4, -0.2) is 82.5 Å². The number of carbonyl (C=O) groups excluding carboxylic acids is 5. The highest BCUT2D eigenvalue weighted by Crippen LogP contribution is 2.67. The topological polar surface area (TPSA) is 148 Å². The van der Waals surface area contributed by atoms with Crippen molar-refractivity contribution in [1.82, 2.24) is 4.90 Å². The summed E-state index contributed by atoms with van der Waals surface area (Å²) in [5, 5.41) is 23.3. The number of allylic oxidation sites excluding steroid dienone is 1. The molecule has 10 heteroatoms. The Hall–Kier alpha value is -2.59. The third-order valence-corrected chi connectivity index (χ3v) is 11.5. The number of esters is 2. The third kappa shape index (κ3) is 4.84. The van der Waals surface area contributed by atoms with Gasteiger partial charge in [-0.3, -0.25) is 19.2 Å². The standard InChI is InChI=1S/C31H43NO9/c1-29-12-10-19(33)15-18(29)6-7-20-21-11-13-31(39,30(21,2)16-23(34)27(20)29)24(35)17-41-26(37)9-8-25(36)32-14-4-5-22(32)28(38)40-3/h15,20-23,27,34,39H,4-14,16-17H2,1-3H3/t20-,21-,22?,23-,27+,29-,30-,31-/m0/s1. The van der Waals surface area contributed by atoms with E-state index in [1.165, 1.54) is 12.0 Å². The molecule has 5 aliphatic rings. The lowest BCUT2D eigenvalue weighted by molar-refractivity contribution is -0.184. The third-order valence-electron chi connectivity index (χ3n) is 11.5. The van der Waals surface area contributed by atoms with Crippen LogP contribution in [0, 0.1) is 28.6 Å². The summed E-state index contributed by atoms with van der Waals surface area (Å²) < 4.78 is 9.99. The Bertz CT molecular complexity index is 1160. The van der Waals surface area contributed by atoms with Crippen molar-refractivity contribution in [2.24, 2.45) is 28.6 Å². The van der Waals surface area contributed by atoms with Crippen molar-refractivity contribution in [2.45, 2.75) is 102 Å². The van der Waals surface area contributed by atoms with E-state index in [0.717, 1.165) is 18.4 Å². The Balaban J connectivity index is 1.20. The van der Waals surface area contributed by atoms with Crippen LogP contribution in [0.5, 0.6) is 0 Å². The average Bonchev–Trinajstić information content (AvgIpc) is 3.53. The van der Waals surface area contributed by atoms with Gasteiger partial charge in [0.2, 0.25) is 11.7 Å². The minimum Gasteiger partial charge on any atom is -0.467 e. The van der Waals surface area contributed by atoms with E-state index in [0.29, 0.717) is 38.6 Å². The Morgan fingerprint density at radius 1 is 1.07 bits per heavy atom. The van der Waals surface area contributed by atoms with Gasteiger partial charge in [0.25, 0.3) is 0 Å². The maximum atomic E-state index is 13.4. The van der Waals surface area contributed by atoms with Crippen molar-refractivity contribution >= 4 is 29.4 Å². The Morgan fingerprint density at radius 2 is 1.83 bits per heavy atom. The van der Waals surface area contributed by atoms with Gasteiger partial charge >= 0.3 is 11.9 Å². The highest BCUT2D eigenvalue weighted by molar-refractivity contribution is 5.92. The zero-order valence-corrected chi connectivity index (χ0v) is 24.4. The number of ether oxygens (including phenoxy) is 2. The number of methoxy groups -OCH3 is 1. The molecule has 0 aromatic heterocycles. The molecule has 1 unspecified atom stereocenters. The Morgan fingerprint density at radius 3 is 2.56 bits per heavy atom. The van der Waals surface area contributed by atoms with Crippen molar-refractivity contribution in [3.63, 3.8) is 0 Å². The molecular formula is C31H43NO9. The number of ketones is 2. The summed E-state index contributed by atoms with van der Waals surface area (Å²) in [4.78, 5) is 64.0. The summed E-state index contributed by atoms with van der Waals surface area (Å²) in [7, 11) is 1.27. The van der Waals surface area contributed by atoms with E-state index in [2.05, 4.69) is 6.92 Å². The molecule has 1 aliphatic heterocycles. The van der Waals surface area contributed by atoms with E-state index < -0.39 is 47.5 Å². The Labute approximate surface area is 240 Å². The van der Waals surface area contributed by atoms with Crippen molar-refractivity contribution in [1.29, 1.82) is 0 Å². The van der Waals surface area contributed by atoms with Crippen molar-refractivity contribution in [3.05, 3.63) is 11.6 Å². The number of aliphatic hydroxyl groups excluding tert-OH is 1. The van der Waals surface area contributed by atoms with Gasteiger partial charge in [-0.2, -0.15) is 0 Å². The van der Waals surface area contributed by atoms with Gasteiger partial charge in [-0.25, -0.2) is 4.79 Å². The maximum Gasteiger partial charge on any atom is 0.328 e. The fourth-order valence-electron chi connectivity index (χ4n) is 9.29. The molecule has 1 saturated heterocycles. The molecule has 0 bridgehead atoms. The summed E-state index contributed by atoms with van der Waals surface area (Å²) in [6.45, 7) is 3.86. The molecule has 0 spiro atoms. The number of aliphatic hydroxyl groups is 2. The zero-order valence-electron chi connectivity index (χ0n) is 24.4. The molecule has 1 amide bonds. The van der Waals surface area contributed by atoms with Gasteiger partial charge < -0.3 is 24.6 Å². The fourth-order valence-corrected chi connectivity index (χ4v) is 9.29. The summed E-state index contributed by atoms with van der Waals surface area (Å²) in [6.07, 6.45) is 5.75. The van der Waals surface area contributed by atoms with Crippen molar-refractivity contribution < 1.29 is 43.7 Å². The fraction of sp³-hybridized carbons (Fsp3) is 0.774. The minimum atomic E-state index is -1.73. The van der Waals surface area contributed by atoms with Gasteiger partial charge in [0.05, 0.1) is 19.6 Å². The summed E-state index contributed by atoms with van der Waals surface area (Å²) >= 11 is 0. The maximum absolute atomic E-state index is 13.4. The first-order valence-corrected chi connectivity index (χ1v) is 15.1. The molecule has 4 fully saturated rings. The Kier molecular flexibility index (Phi) is 7.96. The SMILES string of the molecule is COC(=O)C1CCCN1C(=O)CCC(=O)OCC(=O)[C@@]1(O)CC[C@H]2[C@@H]3CCC4=CC(=O)CC[C@]4(C)[C@H]3[C@@H](O)C[C@@]21C. The lowest BCUT2D eigenvalue weighted by atomic mass is 9.45. The van der Waals surface area contributed by atoms with Gasteiger partial charge in [0, 0.05) is 24.8 Å². The van der Waals surface area contributed by atoms with Crippen LogP contribution in [0.3, 0.4) is 0 Å². The second-order valence-corrected chi connectivity index (χ2v) is 13.3. The number of hydrogen-bond donors (Lipinski definition) is 2. The molecule has 4 aliphatic carbocycles. The first kappa shape index (κ1) is 29.9. The molecule has 2 N–H and O–H groups in total. The first-order chi connectivity index (χ1) is 19.4. The smallest absolute Gasteiger partial charge is 0.328 e. The molecule has 41 heavy (non-hydrogen) atoms. The highest BCUT2D eigenvalue weighted by Gasteiger charge is 2.68. The molecule has 5 rings (SSSR count). The van der Waals surface area contributed by atoms with Crippen LogP contribution in [0.2, 0.25) is 0 Å². The first-order valence-electron chi connectivity index (χ1n) is 15.1. The van der Waals surface area contributed by atoms with Crippen LogP contribution < -0.4 is 0 Å². The summed E-state index contributed by atoms with van der Waals surface area (Å²) in [6, 6.07) is -0.643. The number of amides is 1. The van der Waals surface area contributed by atoms with Gasteiger partial charge in [-0.1, -0.05) is 19.4 Å². The number of fused-ring (bicyclic) bond motifs is 5. The average molecular weight is 574 g/mol. The van der Waals surface area contributed by atoms with E-state index in [4.69, 9.17) is 9.47 Å². The monoisotopic (exact) mass is 573 g/mol. The van der Waals surface area contributed by atoms with Crippen molar-refractivity contribution in [2.75, 3.05) is 20.3 Å². The predicted octanol–water partition coefficient (Wildman–Crippen LogP) is 2.28. The molecular weight excluding hydrogens is 530 g/mol. The predicted molar refractivity (Wildman–Crippen MR) is 145 cm³/mol. The number of nitrogens with zero attached hydrogens (tertiary/aromatic N) is 1. The second kappa shape index (κ2) is 10.9. The van der Waals surface area contributed by atoms with E-state index in [-0.39, 0.29) is 60.5 Å². The van der Waals surface area contributed by atoms with Crippen molar-refractivity contribution in [3.8, 4) is 0 Å². The molecule has 0 aromatic carbocycles. The molecule has 0 radical (unpaired) electrons. The number of Topliss-reactive ketones (excluding diaryl/α,β-unsaturated/α-hetero) is 1. The lowest BCUT2D eigenvalue weighted by Gasteiger charge is -2.60. The van der Waals surface area contributed by atoms with Crippen LogP contribution >= 0.6 is 0 Å². The van der Waals surface area contributed by atoms with E-state index >= 15 is 0 Å². The summed E-state index contributed by atoms with van der Waals surface area (Å²) in [5.41, 5.74) is -1.74. The molecule has 1 heterocycles. The van der Waals surface area contributed by atoms with Gasteiger partial charge in [0.15, 0.2) is 12.4 Å². The number of hydrogen-bond acceptors (Lipinski definition) is 9. The lowest BCUT2D eigenvalue weighted by Crippen LogP contribution is -2.62. The number of rotatable bonds is 7. The minimum absolute atomic E-state index is 0.0254. The molecule has 226 valence electrons. The summed E-state index contributed by atoms with van der Waals surface area (Å²) in [5.74, 6) is -1.87. The molecule has 3 saturated carbocycles. The van der Waals surface area contributed by atoms with E-state index in [1.807, 2.05) is 6.92 Å². The molecule has 10 nitrogen and oxygen atoms in total. The highest BCUT2D eigenvalue weighted by atomic mass is 16.5. The van der Waals surface area contributed by atoms with Crippen LogP contribution in [-0.2, 0) is 33.4 Å². The number of likely N-dealkylation sites (tertiary alicyclic amines) is 1. The molecule has 8 atom stereocenters. The largest absolute Gasteiger partial charge is 0.467 e. The normalized spacial score (nSPS) is 39.7. The van der Waals surface area contributed by atoms with Gasteiger partial charge in [-0.05, 0) is 80.6 Å². The number of carbonyl (C=O) groups is 5. The van der Waals surface area contributed by atoms with Crippen LogP contribution in [0.1, 0.15) is 84.5 Å². The molecule has 0 aromatic rings. The van der Waals surface area contributed by atoms with Gasteiger partial charge in [0.1, 0.15) is 11.6 Å². The van der Waals surface area contributed by atoms with Crippen LogP contribution in [0.4, 0.5) is 0 Å².